The number of ether oxygens (including phenoxy) is 1. The van der Waals surface area contributed by atoms with Crippen molar-refractivity contribution in [2.45, 2.75) is 26.4 Å². The van der Waals surface area contributed by atoms with Crippen LogP contribution in [0.1, 0.15) is 19.5 Å². The first-order valence-electron chi connectivity index (χ1n) is 9.33. The van der Waals surface area contributed by atoms with E-state index in [0.29, 0.717) is 0 Å². The second-order valence-electron chi connectivity index (χ2n) is 7.24. The highest BCUT2D eigenvalue weighted by Crippen LogP contribution is 2.26. The summed E-state index contributed by atoms with van der Waals surface area (Å²) < 4.78 is 5.20. The molecule has 1 atom stereocenters. The molecule has 1 aromatic carbocycles. The van der Waals surface area contributed by atoms with Gasteiger partial charge in [0.05, 0.1) is 18.8 Å². The summed E-state index contributed by atoms with van der Waals surface area (Å²) in [4.78, 5) is 21.4. The van der Waals surface area contributed by atoms with Gasteiger partial charge in [0.2, 0.25) is 5.91 Å². The molecular formula is C20H29ClN4O2S. The lowest BCUT2D eigenvalue weighted by Gasteiger charge is -2.36. The number of nitrogens with two attached hydrogens (primary N) is 1. The minimum Gasteiger partial charge on any atom is -0.497 e. The van der Waals surface area contributed by atoms with Gasteiger partial charge in [-0.3, -0.25) is 9.69 Å². The van der Waals surface area contributed by atoms with Gasteiger partial charge in [0.15, 0.2) is 0 Å². The Morgan fingerprint density at radius 2 is 1.86 bits per heavy atom. The Hall–Kier alpha value is -1.67. The van der Waals surface area contributed by atoms with Crippen molar-refractivity contribution in [3.63, 3.8) is 0 Å². The maximum atomic E-state index is 12.4. The molecule has 0 aliphatic carbocycles. The monoisotopic (exact) mass is 424 g/mol. The molecule has 0 bridgehead atoms. The zero-order valence-electron chi connectivity index (χ0n) is 16.6. The Morgan fingerprint density at radius 3 is 2.43 bits per heavy atom. The number of amides is 1. The second-order valence-corrected chi connectivity index (χ2v) is 8.10. The zero-order chi connectivity index (χ0) is 19.4. The molecule has 2 N–H and O–H groups in total. The molecule has 154 valence electrons. The fourth-order valence-corrected chi connectivity index (χ4v) is 3.91. The van der Waals surface area contributed by atoms with Crippen LogP contribution in [0.3, 0.4) is 0 Å². The molecule has 2 heterocycles. The molecule has 1 fully saturated rings. The SMILES string of the molecule is COc1ccc(-c2nc(CN3CCN(C(=O)[C@@H](N)C(C)C)CC3)cs2)cc1.Cl. The Labute approximate surface area is 177 Å². The number of carbonyl (C=O) groups excluding carboxylic acids is 1. The van der Waals surface area contributed by atoms with Crippen LogP contribution < -0.4 is 10.5 Å². The minimum absolute atomic E-state index is 0. The predicted molar refractivity (Wildman–Crippen MR) is 116 cm³/mol. The first kappa shape index (κ1) is 22.6. The number of aromatic nitrogens is 1. The molecule has 1 aliphatic heterocycles. The van der Waals surface area contributed by atoms with E-state index in [4.69, 9.17) is 15.5 Å². The van der Waals surface area contributed by atoms with Crippen molar-refractivity contribution >= 4 is 29.7 Å². The van der Waals surface area contributed by atoms with E-state index in [-0.39, 0.29) is 24.2 Å². The summed E-state index contributed by atoms with van der Waals surface area (Å²) in [6, 6.07) is 7.57. The Kier molecular flexibility index (Phi) is 8.24. The van der Waals surface area contributed by atoms with Crippen LogP contribution in [0.5, 0.6) is 5.75 Å². The lowest BCUT2D eigenvalue weighted by atomic mass is 10.0. The van der Waals surface area contributed by atoms with Crippen molar-refractivity contribution in [1.29, 1.82) is 0 Å². The summed E-state index contributed by atoms with van der Waals surface area (Å²) in [5.41, 5.74) is 8.18. The van der Waals surface area contributed by atoms with Gasteiger partial charge in [-0.05, 0) is 30.2 Å². The largest absolute Gasteiger partial charge is 0.497 e. The molecular weight excluding hydrogens is 396 g/mol. The van der Waals surface area contributed by atoms with Crippen LogP contribution in [0.4, 0.5) is 0 Å². The Balaban J connectivity index is 0.00000280. The third-order valence-electron chi connectivity index (χ3n) is 4.96. The fourth-order valence-electron chi connectivity index (χ4n) is 3.10. The number of carbonyl (C=O) groups is 1. The standard InChI is InChI=1S/C20H28N4O2S.ClH/c1-14(2)18(21)20(25)24-10-8-23(9-11-24)12-16-13-27-19(22-16)15-4-6-17(26-3)7-5-15;/h4-7,13-14,18H,8-12,21H2,1-3H3;1H/t18-;/m0./s1. The van der Waals surface area contributed by atoms with Crippen LogP contribution in [-0.4, -0.2) is 60.0 Å². The number of nitrogens with zero attached hydrogens (tertiary/aromatic N) is 3. The van der Waals surface area contributed by atoms with Gasteiger partial charge >= 0.3 is 0 Å². The fraction of sp³-hybridized carbons (Fsp3) is 0.500. The van der Waals surface area contributed by atoms with Crippen LogP contribution in [0, 0.1) is 5.92 Å². The highest BCUT2D eigenvalue weighted by atomic mass is 35.5. The molecule has 1 aromatic heterocycles. The van der Waals surface area contributed by atoms with Gasteiger partial charge in [0.1, 0.15) is 10.8 Å². The summed E-state index contributed by atoms with van der Waals surface area (Å²) in [6.45, 7) is 7.95. The number of thiazole rings is 1. The van der Waals surface area contributed by atoms with Crippen LogP contribution >= 0.6 is 23.7 Å². The van der Waals surface area contributed by atoms with Gasteiger partial charge in [-0.2, -0.15) is 0 Å². The lowest BCUT2D eigenvalue weighted by Crippen LogP contribution is -2.54. The second kappa shape index (κ2) is 10.2. The number of hydrogen-bond acceptors (Lipinski definition) is 6. The number of benzene rings is 1. The van der Waals surface area contributed by atoms with Gasteiger partial charge in [0, 0.05) is 43.7 Å². The maximum Gasteiger partial charge on any atom is 0.239 e. The van der Waals surface area contributed by atoms with Gasteiger partial charge < -0.3 is 15.4 Å². The summed E-state index contributed by atoms with van der Waals surface area (Å²) >= 11 is 1.66. The third-order valence-corrected chi connectivity index (χ3v) is 5.90. The Morgan fingerprint density at radius 1 is 1.21 bits per heavy atom. The number of piperazine rings is 1. The number of methoxy groups -OCH3 is 1. The summed E-state index contributed by atoms with van der Waals surface area (Å²) in [6.07, 6.45) is 0. The first-order chi connectivity index (χ1) is 13.0. The topological polar surface area (TPSA) is 71.7 Å². The van der Waals surface area contributed by atoms with E-state index in [2.05, 4.69) is 10.3 Å². The quantitative estimate of drug-likeness (QED) is 0.771. The molecule has 0 spiro atoms. The average molecular weight is 425 g/mol. The Bertz CT molecular complexity index is 758. The van der Waals surface area contributed by atoms with E-state index < -0.39 is 6.04 Å². The van der Waals surface area contributed by atoms with Crippen molar-refractivity contribution in [1.82, 2.24) is 14.8 Å². The molecule has 8 heteroatoms. The minimum atomic E-state index is -0.401. The van der Waals surface area contributed by atoms with E-state index >= 15 is 0 Å². The number of hydrogen-bond donors (Lipinski definition) is 1. The molecule has 1 saturated heterocycles. The van der Waals surface area contributed by atoms with Crippen molar-refractivity contribution in [3.05, 3.63) is 35.3 Å². The lowest BCUT2D eigenvalue weighted by molar-refractivity contribution is -0.135. The zero-order valence-corrected chi connectivity index (χ0v) is 18.3. The molecule has 2 aromatic rings. The van der Waals surface area contributed by atoms with Crippen molar-refractivity contribution < 1.29 is 9.53 Å². The molecule has 6 nitrogen and oxygen atoms in total. The van der Waals surface area contributed by atoms with E-state index in [9.17, 15) is 4.79 Å². The molecule has 1 amide bonds. The maximum absolute atomic E-state index is 12.4. The predicted octanol–water partition coefficient (Wildman–Crippen LogP) is 2.87. The highest BCUT2D eigenvalue weighted by Gasteiger charge is 2.27. The van der Waals surface area contributed by atoms with Crippen LogP contribution in [0.25, 0.3) is 10.6 Å². The van der Waals surface area contributed by atoms with Gasteiger partial charge in [-0.15, -0.1) is 23.7 Å². The van der Waals surface area contributed by atoms with Crippen molar-refractivity contribution in [2.75, 3.05) is 33.3 Å². The van der Waals surface area contributed by atoms with Gasteiger partial charge in [0.25, 0.3) is 0 Å². The summed E-state index contributed by atoms with van der Waals surface area (Å²) in [5, 5.41) is 3.13. The van der Waals surface area contributed by atoms with E-state index in [1.165, 1.54) is 0 Å². The first-order valence-corrected chi connectivity index (χ1v) is 10.2. The molecule has 0 radical (unpaired) electrons. The van der Waals surface area contributed by atoms with E-state index in [0.717, 1.165) is 54.7 Å². The summed E-state index contributed by atoms with van der Waals surface area (Å²) in [5.74, 6) is 1.09. The molecule has 3 rings (SSSR count). The highest BCUT2D eigenvalue weighted by molar-refractivity contribution is 7.13. The molecule has 0 unspecified atom stereocenters. The van der Waals surface area contributed by atoms with Crippen LogP contribution in [0.2, 0.25) is 0 Å². The molecule has 1 aliphatic rings. The van der Waals surface area contributed by atoms with Crippen molar-refractivity contribution in [3.8, 4) is 16.3 Å². The van der Waals surface area contributed by atoms with Gasteiger partial charge in [-0.1, -0.05) is 13.8 Å². The van der Waals surface area contributed by atoms with E-state index in [1.54, 1.807) is 18.4 Å². The van der Waals surface area contributed by atoms with E-state index in [1.807, 2.05) is 43.0 Å². The smallest absolute Gasteiger partial charge is 0.239 e. The van der Waals surface area contributed by atoms with Crippen LogP contribution in [0.15, 0.2) is 29.6 Å². The van der Waals surface area contributed by atoms with Crippen molar-refractivity contribution in [2.24, 2.45) is 11.7 Å². The number of halogens is 1. The van der Waals surface area contributed by atoms with Crippen LogP contribution in [-0.2, 0) is 11.3 Å². The molecule has 28 heavy (non-hydrogen) atoms. The summed E-state index contributed by atoms with van der Waals surface area (Å²) in [7, 11) is 1.67. The molecule has 0 saturated carbocycles. The normalized spacial score (nSPS) is 16.0. The number of rotatable bonds is 6. The van der Waals surface area contributed by atoms with Gasteiger partial charge in [-0.25, -0.2) is 4.98 Å². The average Bonchev–Trinajstić information content (AvgIpc) is 3.16. The third kappa shape index (κ3) is 5.44.